The smallest absolute Gasteiger partial charge is 0.276 e. The number of likely N-dealkylation sites (tertiary alicyclic amines) is 1. The second kappa shape index (κ2) is 8.27. The third kappa shape index (κ3) is 4.04. The van der Waals surface area contributed by atoms with Crippen molar-refractivity contribution >= 4 is 41.5 Å². The highest BCUT2D eigenvalue weighted by molar-refractivity contribution is 6.37. The Morgan fingerprint density at radius 2 is 2.04 bits per heavy atom. The van der Waals surface area contributed by atoms with Gasteiger partial charge in [-0.05, 0) is 36.8 Å². The van der Waals surface area contributed by atoms with E-state index in [1.165, 1.54) is 0 Å². The Labute approximate surface area is 173 Å². The number of rotatable bonds is 4. The number of hydrogen-bond donors (Lipinski definition) is 1. The minimum absolute atomic E-state index is 0. The van der Waals surface area contributed by atoms with Gasteiger partial charge in [-0.25, -0.2) is 0 Å². The van der Waals surface area contributed by atoms with E-state index in [1.807, 2.05) is 4.90 Å². The maximum atomic E-state index is 12.7. The number of hydrogen-bond acceptors (Lipinski definition) is 5. The zero-order chi connectivity index (χ0) is 18.3. The van der Waals surface area contributed by atoms with Crippen LogP contribution in [0.4, 0.5) is 0 Å². The van der Waals surface area contributed by atoms with Gasteiger partial charge in [0.2, 0.25) is 0 Å². The van der Waals surface area contributed by atoms with Crippen molar-refractivity contribution in [2.24, 2.45) is 17.6 Å². The van der Waals surface area contributed by atoms with Gasteiger partial charge in [-0.15, -0.1) is 12.4 Å². The summed E-state index contributed by atoms with van der Waals surface area (Å²) >= 11 is 12.1. The molecule has 27 heavy (non-hydrogen) atoms. The highest BCUT2D eigenvalue weighted by atomic mass is 35.5. The van der Waals surface area contributed by atoms with E-state index in [2.05, 4.69) is 5.16 Å². The van der Waals surface area contributed by atoms with Gasteiger partial charge < -0.3 is 19.9 Å². The second-order valence-corrected chi connectivity index (χ2v) is 7.71. The average molecular weight is 433 g/mol. The molecule has 1 aliphatic heterocycles. The van der Waals surface area contributed by atoms with Crippen LogP contribution < -0.4 is 10.5 Å². The molecule has 1 aromatic heterocycles. The lowest BCUT2D eigenvalue weighted by Gasteiger charge is -2.17. The minimum Gasteiger partial charge on any atom is -0.482 e. The number of fused-ring (bicyclic) bond motifs is 1. The summed E-state index contributed by atoms with van der Waals surface area (Å²) in [4.78, 5) is 14.5. The van der Waals surface area contributed by atoms with Gasteiger partial charge in [0.05, 0.1) is 10.0 Å². The van der Waals surface area contributed by atoms with E-state index in [4.69, 9.17) is 38.2 Å². The molecule has 9 heteroatoms. The summed E-state index contributed by atoms with van der Waals surface area (Å²) < 4.78 is 10.8. The molecule has 1 saturated heterocycles. The van der Waals surface area contributed by atoms with Gasteiger partial charge in [-0.3, -0.25) is 4.79 Å². The molecule has 0 radical (unpaired) electrons. The summed E-state index contributed by atoms with van der Waals surface area (Å²) in [6, 6.07) is 6.90. The lowest BCUT2D eigenvalue weighted by Crippen LogP contribution is -2.33. The SMILES string of the molecule is Cl.NC1CCC2CN(C(=O)c3cc(COc4c(Cl)cccc4Cl)on3)CC12. The molecular weight excluding hydrogens is 413 g/mol. The highest BCUT2D eigenvalue weighted by Crippen LogP contribution is 2.37. The Kier molecular flexibility index (Phi) is 6.21. The number of nitrogens with two attached hydrogens (primary N) is 1. The first kappa shape index (κ1) is 20.3. The van der Waals surface area contributed by atoms with Crippen LogP contribution in [0, 0.1) is 11.8 Å². The molecular formula is C18H20Cl3N3O3. The number of ether oxygens (including phenoxy) is 1. The Balaban J connectivity index is 0.00000210. The van der Waals surface area contributed by atoms with Crippen molar-refractivity contribution in [3.8, 4) is 5.75 Å². The van der Waals surface area contributed by atoms with Crippen LogP contribution in [0.2, 0.25) is 10.0 Å². The van der Waals surface area contributed by atoms with Crippen molar-refractivity contribution in [2.45, 2.75) is 25.5 Å². The van der Waals surface area contributed by atoms with Crippen LogP contribution in [0.3, 0.4) is 0 Å². The molecule has 3 unspecified atom stereocenters. The fraction of sp³-hybridized carbons (Fsp3) is 0.444. The molecule has 2 aliphatic rings. The van der Waals surface area contributed by atoms with E-state index in [-0.39, 0.29) is 36.7 Å². The monoisotopic (exact) mass is 431 g/mol. The number of amides is 1. The number of carbonyl (C=O) groups is 1. The van der Waals surface area contributed by atoms with Gasteiger partial charge in [0.25, 0.3) is 5.91 Å². The van der Waals surface area contributed by atoms with Crippen molar-refractivity contribution in [2.75, 3.05) is 13.1 Å². The molecule has 4 rings (SSSR count). The molecule has 1 aliphatic carbocycles. The zero-order valence-corrected chi connectivity index (χ0v) is 16.8. The highest BCUT2D eigenvalue weighted by Gasteiger charge is 2.43. The molecule has 1 amide bonds. The number of para-hydroxylation sites is 1. The van der Waals surface area contributed by atoms with Crippen LogP contribution in [-0.4, -0.2) is 35.1 Å². The Morgan fingerprint density at radius 3 is 2.74 bits per heavy atom. The zero-order valence-electron chi connectivity index (χ0n) is 14.4. The van der Waals surface area contributed by atoms with E-state index in [0.717, 1.165) is 19.4 Å². The molecule has 2 heterocycles. The fourth-order valence-corrected chi connectivity index (χ4v) is 4.39. The summed E-state index contributed by atoms with van der Waals surface area (Å²) in [5.41, 5.74) is 6.41. The Bertz CT molecular complexity index is 809. The van der Waals surface area contributed by atoms with Crippen molar-refractivity contribution in [1.82, 2.24) is 10.1 Å². The molecule has 1 saturated carbocycles. The standard InChI is InChI=1S/C18H19Cl2N3O3.ClH/c19-13-2-1-3-14(20)17(13)25-9-11-6-16(22-26-11)18(24)23-7-10-4-5-15(21)12(10)8-23;/h1-3,6,10,12,15H,4-5,7-9,21H2;1H. The van der Waals surface area contributed by atoms with Crippen LogP contribution in [0.15, 0.2) is 28.8 Å². The molecule has 2 aromatic rings. The first-order valence-corrected chi connectivity index (χ1v) is 9.36. The molecule has 1 aromatic carbocycles. The van der Waals surface area contributed by atoms with E-state index in [0.29, 0.717) is 39.9 Å². The topological polar surface area (TPSA) is 81.6 Å². The van der Waals surface area contributed by atoms with Gasteiger partial charge in [0.1, 0.15) is 6.61 Å². The predicted octanol–water partition coefficient (Wildman–Crippen LogP) is 3.79. The summed E-state index contributed by atoms with van der Waals surface area (Å²) in [6.07, 6.45) is 2.14. The van der Waals surface area contributed by atoms with Gasteiger partial charge >= 0.3 is 0 Å². The number of carbonyl (C=O) groups excluding carboxylic acids is 1. The Morgan fingerprint density at radius 1 is 1.30 bits per heavy atom. The average Bonchev–Trinajstić information content (AvgIpc) is 3.32. The van der Waals surface area contributed by atoms with E-state index in [9.17, 15) is 4.79 Å². The summed E-state index contributed by atoms with van der Waals surface area (Å²) in [5, 5.41) is 4.71. The fourth-order valence-electron chi connectivity index (χ4n) is 3.88. The van der Waals surface area contributed by atoms with E-state index < -0.39 is 0 Å². The number of nitrogens with zero attached hydrogens (tertiary/aromatic N) is 2. The van der Waals surface area contributed by atoms with Crippen molar-refractivity contribution < 1.29 is 14.1 Å². The quantitative estimate of drug-likeness (QED) is 0.795. The van der Waals surface area contributed by atoms with Crippen LogP contribution >= 0.6 is 35.6 Å². The summed E-state index contributed by atoms with van der Waals surface area (Å²) in [6.45, 7) is 1.52. The van der Waals surface area contributed by atoms with Gasteiger partial charge in [-0.1, -0.05) is 34.4 Å². The number of benzene rings is 1. The van der Waals surface area contributed by atoms with E-state index in [1.54, 1.807) is 24.3 Å². The molecule has 2 fully saturated rings. The molecule has 0 bridgehead atoms. The lowest BCUT2D eigenvalue weighted by atomic mass is 9.98. The first-order valence-electron chi connectivity index (χ1n) is 8.60. The first-order chi connectivity index (χ1) is 12.5. The number of aromatic nitrogens is 1. The molecule has 146 valence electrons. The van der Waals surface area contributed by atoms with Crippen LogP contribution in [0.25, 0.3) is 0 Å². The third-order valence-electron chi connectivity index (χ3n) is 5.26. The maximum absolute atomic E-state index is 12.7. The predicted molar refractivity (Wildman–Crippen MR) is 105 cm³/mol. The molecule has 3 atom stereocenters. The van der Waals surface area contributed by atoms with Crippen molar-refractivity contribution in [3.63, 3.8) is 0 Å². The Hall–Kier alpha value is -1.47. The van der Waals surface area contributed by atoms with Crippen molar-refractivity contribution in [3.05, 3.63) is 45.8 Å². The summed E-state index contributed by atoms with van der Waals surface area (Å²) in [5.74, 6) is 1.58. The largest absolute Gasteiger partial charge is 0.482 e. The number of halogens is 3. The van der Waals surface area contributed by atoms with Gasteiger partial charge in [-0.2, -0.15) is 0 Å². The lowest BCUT2D eigenvalue weighted by molar-refractivity contribution is 0.0769. The second-order valence-electron chi connectivity index (χ2n) is 6.89. The summed E-state index contributed by atoms with van der Waals surface area (Å²) in [7, 11) is 0. The maximum Gasteiger partial charge on any atom is 0.276 e. The van der Waals surface area contributed by atoms with Crippen molar-refractivity contribution in [1.29, 1.82) is 0 Å². The minimum atomic E-state index is -0.127. The van der Waals surface area contributed by atoms with Gasteiger partial charge in [0, 0.05) is 25.2 Å². The van der Waals surface area contributed by atoms with Gasteiger partial charge in [0.15, 0.2) is 17.2 Å². The molecule has 6 nitrogen and oxygen atoms in total. The van der Waals surface area contributed by atoms with E-state index >= 15 is 0 Å². The normalized spacial score (nSPS) is 23.8. The molecule has 2 N–H and O–H groups in total. The third-order valence-corrected chi connectivity index (χ3v) is 5.85. The molecule has 0 spiro atoms. The van der Waals surface area contributed by atoms with Crippen LogP contribution in [0.5, 0.6) is 5.75 Å². The van der Waals surface area contributed by atoms with Crippen LogP contribution in [0.1, 0.15) is 29.1 Å². The van der Waals surface area contributed by atoms with Crippen LogP contribution in [-0.2, 0) is 6.61 Å².